The van der Waals surface area contributed by atoms with Crippen LogP contribution in [-0.2, 0) is 16.4 Å². The van der Waals surface area contributed by atoms with E-state index >= 15 is 0 Å². The number of sulfonamides is 1. The van der Waals surface area contributed by atoms with Crippen LogP contribution in [0.25, 0.3) is 0 Å². The minimum Gasteiger partial charge on any atom is -0.357 e. The molecule has 10 heteroatoms. The first-order valence-corrected chi connectivity index (χ1v) is 11.2. The van der Waals surface area contributed by atoms with Gasteiger partial charge in [-0.1, -0.05) is 12.1 Å². The normalized spacial score (nSPS) is 11.6. The standard InChI is InChI=1S/C18H25FN4O2S2.HI/c1-3-20-18(21-9-8-16-5-4-11-26-16)22-10-12-27(24,25)23-15-7-6-14(2)17(19)13-15;/h4-7,11,13,23H,3,8-10,12H2,1-2H3,(H2,20,21,22);1H. The lowest BCUT2D eigenvalue weighted by molar-refractivity contribution is 0.600. The molecule has 0 aliphatic rings. The van der Waals surface area contributed by atoms with Gasteiger partial charge in [0.2, 0.25) is 10.0 Å². The lowest BCUT2D eigenvalue weighted by atomic mass is 10.2. The summed E-state index contributed by atoms with van der Waals surface area (Å²) in [6.45, 7) is 5.05. The van der Waals surface area contributed by atoms with Crippen LogP contribution < -0.4 is 15.4 Å². The molecule has 0 atom stereocenters. The van der Waals surface area contributed by atoms with Crippen molar-refractivity contribution in [1.82, 2.24) is 10.6 Å². The second-order valence-corrected chi connectivity index (χ2v) is 8.78. The minimum atomic E-state index is -3.61. The molecule has 156 valence electrons. The molecule has 0 saturated carbocycles. The van der Waals surface area contributed by atoms with Crippen LogP contribution in [0.2, 0.25) is 0 Å². The molecular weight excluding hydrogens is 514 g/mol. The third-order valence-electron chi connectivity index (χ3n) is 3.66. The highest BCUT2D eigenvalue weighted by molar-refractivity contribution is 14.0. The molecule has 0 saturated heterocycles. The van der Waals surface area contributed by atoms with Gasteiger partial charge in [-0.25, -0.2) is 12.8 Å². The van der Waals surface area contributed by atoms with Crippen molar-refractivity contribution in [2.75, 3.05) is 30.1 Å². The van der Waals surface area contributed by atoms with Crippen molar-refractivity contribution in [3.8, 4) is 0 Å². The number of aryl methyl sites for hydroxylation is 1. The van der Waals surface area contributed by atoms with Gasteiger partial charge in [-0.15, -0.1) is 35.3 Å². The molecule has 1 aromatic heterocycles. The highest BCUT2D eigenvalue weighted by Crippen LogP contribution is 2.15. The van der Waals surface area contributed by atoms with E-state index in [1.807, 2.05) is 18.4 Å². The topological polar surface area (TPSA) is 82.6 Å². The first kappa shape index (κ1) is 24.6. The Kier molecular flexibility index (Phi) is 10.8. The Balaban J connectivity index is 0.00000392. The predicted octanol–water partition coefficient (Wildman–Crippen LogP) is 3.35. The summed E-state index contributed by atoms with van der Waals surface area (Å²) in [7, 11) is -3.61. The number of guanidine groups is 1. The Hall–Kier alpha value is -1.40. The van der Waals surface area contributed by atoms with Crippen molar-refractivity contribution in [3.63, 3.8) is 0 Å². The van der Waals surface area contributed by atoms with Crippen molar-refractivity contribution in [2.45, 2.75) is 20.3 Å². The van der Waals surface area contributed by atoms with Gasteiger partial charge in [-0.2, -0.15) is 0 Å². The number of hydrogen-bond acceptors (Lipinski definition) is 4. The van der Waals surface area contributed by atoms with Crippen molar-refractivity contribution in [2.24, 2.45) is 4.99 Å². The van der Waals surface area contributed by atoms with Gasteiger partial charge in [0.05, 0.1) is 18.0 Å². The average molecular weight is 540 g/mol. The number of hydrogen-bond donors (Lipinski definition) is 3. The molecule has 28 heavy (non-hydrogen) atoms. The van der Waals surface area contributed by atoms with E-state index in [1.165, 1.54) is 23.1 Å². The molecule has 0 amide bonds. The SMILES string of the molecule is CCNC(=NCCS(=O)(=O)Nc1ccc(C)c(F)c1)NCCc1cccs1.I. The third-order valence-corrected chi connectivity index (χ3v) is 5.87. The highest BCUT2D eigenvalue weighted by Gasteiger charge is 2.11. The lowest BCUT2D eigenvalue weighted by Gasteiger charge is -2.11. The quantitative estimate of drug-likeness (QED) is 0.259. The average Bonchev–Trinajstić information content (AvgIpc) is 3.11. The molecule has 1 aromatic carbocycles. The minimum absolute atomic E-state index is 0. The fourth-order valence-corrected chi connectivity index (χ4v) is 3.89. The number of rotatable bonds is 9. The van der Waals surface area contributed by atoms with Crippen molar-refractivity contribution in [3.05, 3.63) is 52.0 Å². The second kappa shape index (κ2) is 12.2. The van der Waals surface area contributed by atoms with Gasteiger partial charge in [0.15, 0.2) is 5.96 Å². The van der Waals surface area contributed by atoms with E-state index in [9.17, 15) is 12.8 Å². The highest BCUT2D eigenvalue weighted by atomic mass is 127. The molecule has 6 nitrogen and oxygen atoms in total. The van der Waals surface area contributed by atoms with E-state index in [0.29, 0.717) is 24.6 Å². The van der Waals surface area contributed by atoms with Crippen LogP contribution >= 0.6 is 35.3 Å². The summed E-state index contributed by atoms with van der Waals surface area (Å²) >= 11 is 1.70. The second-order valence-electron chi connectivity index (χ2n) is 5.90. The lowest BCUT2D eigenvalue weighted by Crippen LogP contribution is -2.38. The summed E-state index contributed by atoms with van der Waals surface area (Å²) in [5.74, 6) is -0.0625. The maximum absolute atomic E-state index is 13.5. The zero-order valence-electron chi connectivity index (χ0n) is 15.9. The fraction of sp³-hybridized carbons (Fsp3) is 0.389. The summed E-state index contributed by atoms with van der Waals surface area (Å²) < 4.78 is 40.2. The monoisotopic (exact) mass is 540 g/mol. The summed E-state index contributed by atoms with van der Waals surface area (Å²) in [6, 6.07) is 8.33. The van der Waals surface area contributed by atoms with E-state index in [1.54, 1.807) is 18.3 Å². The number of anilines is 1. The molecule has 0 aliphatic heterocycles. The Morgan fingerprint density at radius 1 is 1.25 bits per heavy atom. The van der Waals surface area contributed by atoms with E-state index < -0.39 is 15.8 Å². The van der Waals surface area contributed by atoms with Crippen molar-refractivity contribution >= 4 is 57.0 Å². The van der Waals surface area contributed by atoms with Crippen LogP contribution in [0.15, 0.2) is 40.7 Å². The van der Waals surface area contributed by atoms with E-state index in [0.717, 1.165) is 6.42 Å². The van der Waals surface area contributed by atoms with Crippen LogP contribution in [0.4, 0.5) is 10.1 Å². The van der Waals surface area contributed by atoms with Crippen molar-refractivity contribution < 1.29 is 12.8 Å². The van der Waals surface area contributed by atoms with Gasteiger partial charge in [-0.05, 0) is 49.4 Å². The fourth-order valence-electron chi connectivity index (χ4n) is 2.27. The Labute approximate surface area is 187 Å². The van der Waals surface area contributed by atoms with Gasteiger partial charge in [0.25, 0.3) is 0 Å². The molecule has 0 unspecified atom stereocenters. The summed E-state index contributed by atoms with van der Waals surface area (Å²) in [5.41, 5.74) is 0.675. The van der Waals surface area contributed by atoms with E-state index in [-0.39, 0.29) is 42.0 Å². The molecule has 0 spiro atoms. The van der Waals surface area contributed by atoms with Gasteiger partial charge in [0.1, 0.15) is 5.82 Å². The summed E-state index contributed by atoms with van der Waals surface area (Å²) in [4.78, 5) is 5.57. The molecule has 3 N–H and O–H groups in total. The van der Waals surface area contributed by atoms with Crippen LogP contribution in [0.1, 0.15) is 17.4 Å². The number of thiophene rings is 1. The molecule has 1 heterocycles. The number of benzene rings is 1. The summed E-state index contributed by atoms with van der Waals surface area (Å²) in [5, 5.41) is 8.31. The van der Waals surface area contributed by atoms with Gasteiger partial charge < -0.3 is 10.6 Å². The smallest absolute Gasteiger partial charge is 0.234 e. The van der Waals surface area contributed by atoms with Gasteiger partial charge >= 0.3 is 0 Å². The maximum atomic E-state index is 13.5. The number of halogens is 2. The Bertz CT molecular complexity index is 858. The van der Waals surface area contributed by atoms with Gasteiger partial charge in [-0.3, -0.25) is 9.71 Å². The van der Waals surface area contributed by atoms with E-state index in [4.69, 9.17) is 0 Å². The molecule has 0 fully saturated rings. The first-order chi connectivity index (χ1) is 12.9. The van der Waals surface area contributed by atoms with Crippen LogP contribution in [0, 0.1) is 12.7 Å². The molecule has 0 aliphatic carbocycles. The predicted molar refractivity (Wildman–Crippen MR) is 126 cm³/mol. The molecule has 0 radical (unpaired) electrons. The van der Waals surface area contributed by atoms with Gasteiger partial charge in [0, 0.05) is 18.0 Å². The molecule has 2 rings (SSSR count). The zero-order valence-corrected chi connectivity index (χ0v) is 19.8. The third kappa shape index (κ3) is 8.74. The Morgan fingerprint density at radius 3 is 2.68 bits per heavy atom. The van der Waals surface area contributed by atoms with E-state index in [2.05, 4.69) is 26.4 Å². The summed E-state index contributed by atoms with van der Waals surface area (Å²) in [6.07, 6.45) is 0.876. The largest absolute Gasteiger partial charge is 0.357 e. The first-order valence-electron chi connectivity index (χ1n) is 8.71. The molecule has 0 bridgehead atoms. The Morgan fingerprint density at radius 2 is 2.04 bits per heavy atom. The van der Waals surface area contributed by atoms with Crippen molar-refractivity contribution in [1.29, 1.82) is 0 Å². The number of nitrogens with zero attached hydrogens (tertiary/aromatic N) is 1. The number of aliphatic imine (C=N–C) groups is 1. The van der Waals surface area contributed by atoms with Crippen LogP contribution in [-0.4, -0.2) is 39.8 Å². The molecule has 2 aromatic rings. The molecular formula is C18H26FIN4O2S2. The maximum Gasteiger partial charge on any atom is 0.234 e. The van der Waals surface area contributed by atoms with Crippen LogP contribution in [0.5, 0.6) is 0 Å². The zero-order chi connectivity index (χ0) is 19.7. The van der Waals surface area contributed by atoms with Crippen LogP contribution in [0.3, 0.4) is 0 Å². The number of nitrogens with one attached hydrogen (secondary N) is 3.